The van der Waals surface area contributed by atoms with E-state index in [1.54, 1.807) is 12.1 Å². The molecule has 1 aromatic rings. The van der Waals surface area contributed by atoms with E-state index in [2.05, 4.69) is 10.5 Å². The van der Waals surface area contributed by atoms with Crippen molar-refractivity contribution in [3.63, 3.8) is 0 Å². The van der Waals surface area contributed by atoms with E-state index in [-0.39, 0.29) is 5.91 Å². The molecule has 1 amide bonds. The summed E-state index contributed by atoms with van der Waals surface area (Å²) in [6.07, 6.45) is 0. The van der Waals surface area contributed by atoms with Gasteiger partial charge in [-0.3, -0.25) is 4.79 Å². The molecule has 1 aliphatic heterocycles. The third-order valence-corrected chi connectivity index (χ3v) is 3.53. The summed E-state index contributed by atoms with van der Waals surface area (Å²) in [5.74, 6) is 0.280. The predicted octanol–water partition coefficient (Wildman–Crippen LogP) is 2.52. The Bertz CT molecular complexity index is 448. The van der Waals surface area contributed by atoms with Crippen LogP contribution in [-0.2, 0) is 4.79 Å². The molecule has 6 heteroatoms. The molecule has 15 heavy (non-hydrogen) atoms. The molecule has 1 aliphatic rings. The monoisotopic (exact) mass is 260 g/mol. The number of hydrogen-bond acceptors (Lipinski definition) is 3. The Morgan fingerprint density at radius 1 is 1.33 bits per heavy atom. The number of amides is 1. The molecule has 0 saturated heterocycles. The lowest BCUT2D eigenvalue weighted by Gasteiger charge is -2.11. The van der Waals surface area contributed by atoms with Crippen LogP contribution in [-0.4, -0.2) is 16.7 Å². The van der Waals surface area contributed by atoms with Crippen molar-refractivity contribution in [3.05, 3.63) is 33.8 Å². The molecule has 3 nitrogen and oxygen atoms in total. The van der Waals surface area contributed by atoms with Gasteiger partial charge in [0.25, 0.3) is 5.91 Å². The summed E-state index contributed by atoms with van der Waals surface area (Å²) in [6, 6.07) is 5.25. The third-order valence-electron chi connectivity index (χ3n) is 1.79. The van der Waals surface area contributed by atoms with Crippen molar-refractivity contribution in [1.29, 1.82) is 0 Å². The van der Waals surface area contributed by atoms with Gasteiger partial charge < -0.3 is 0 Å². The molecule has 1 aromatic carbocycles. The first kappa shape index (κ1) is 10.8. The van der Waals surface area contributed by atoms with Crippen molar-refractivity contribution in [1.82, 2.24) is 5.43 Å². The Labute approximate surface area is 101 Å². The summed E-state index contributed by atoms with van der Waals surface area (Å²) >= 11 is 13.0. The summed E-state index contributed by atoms with van der Waals surface area (Å²) in [5, 5.41) is 5.66. The van der Waals surface area contributed by atoms with Crippen LogP contribution in [0.15, 0.2) is 23.3 Å². The van der Waals surface area contributed by atoms with Gasteiger partial charge in [-0.25, -0.2) is 5.43 Å². The van der Waals surface area contributed by atoms with Gasteiger partial charge >= 0.3 is 0 Å². The van der Waals surface area contributed by atoms with Crippen molar-refractivity contribution in [2.75, 3.05) is 5.75 Å². The van der Waals surface area contributed by atoms with Gasteiger partial charge in [0, 0.05) is 5.56 Å². The molecular formula is C9H6Cl2N2OS. The van der Waals surface area contributed by atoms with Crippen LogP contribution in [0.4, 0.5) is 0 Å². The zero-order valence-electron chi connectivity index (χ0n) is 7.46. The van der Waals surface area contributed by atoms with Crippen LogP contribution in [0.3, 0.4) is 0 Å². The fourth-order valence-electron chi connectivity index (χ4n) is 1.09. The van der Waals surface area contributed by atoms with E-state index in [9.17, 15) is 4.79 Å². The second-order valence-electron chi connectivity index (χ2n) is 2.87. The highest BCUT2D eigenvalue weighted by atomic mass is 35.5. The minimum Gasteiger partial charge on any atom is -0.272 e. The van der Waals surface area contributed by atoms with Crippen molar-refractivity contribution in [2.24, 2.45) is 5.10 Å². The number of hydrogen-bond donors (Lipinski definition) is 1. The van der Waals surface area contributed by atoms with Gasteiger partial charge in [-0.15, -0.1) is 0 Å². The first-order chi connectivity index (χ1) is 7.16. The molecule has 0 spiro atoms. The van der Waals surface area contributed by atoms with Crippen LogP contribution in [0.1, 0.15) is 5.56 Å². The molecule has 0 fully saturated rings. The minimum atomic E-state index is -0.0937. The largest absolute Gasteiger partial charge is 0.272 e. The third kappa shape index (κ3) is 2.45. The van der Waals surface area contributed by atoms with Gasteiger partial charge in [-0.05, 0) is 12.1 Å². The molecule has 2 rings (SSSR count). The number of nitrogens with one attached hydrogen (secondary N) is 1. The van der Waals surface area contributed by atoms with E-state index in [4.69, 9.17) is 23.2 Å². The summed E-state index contributed by atoms with van der Waals surface area (Å²) < 4.78 is 0. The smallest absolute Gasteiger partial charge is 0.250 e. The van der Waals surface area contributed by atoms with Crippen LogP contribution < -0.4 is 5.43 Å². The molecule has 1 N–H and O–H groups in total. The number of hydrazone groups is 1. The van der Waals surface area contributed by atoms with Crippen molar-refractivity contribution in [2.45, 2.75) is 0 Å². The molecule has 0 saturated carbocycles. The fourth-order valence-corrected chi connectivity index (χ4v) is 2.12. The molecule has 1 heterocycles. The number of benzene rings is 1. The number of rotatable bonds is 1. The molecule has 0 atom stereocenters. The fraction of sp³-hybridized carbons (Fsp3) is 0.111. The lowest BCUT2D eigenvalue weighted by atomic mass is 10.2. The SMILES string of the molecule is O=C1CSC(c2ccc(Cl)c(Cl)c2)=NN1. The Kier molecular flexibility index (Phi) is 3.19. The van der Waals surface area contributed by atoms with E-state index in [1.807, 2.05) is 6.07 Å². The Balaban J connectivity index is 2.30. The molecule has 0 aromatic heterocycles. The van der Waals surface area contributed by atoms with Crippen LogP contribution >= 0.6 is 35.0 Å². The molecule has 0 aliphatic carbocycles. The van der Waals surface area contributed by atoms with Crippen LogP contribution in [0.2, 0.25) is 10.0 Å². The van der Waals surface area contributed by atoms with Crippen molar-refractivity contribution >= 4 is 45.9 Å². The van der Waals surface area contributed by atoms with E-state index in [1.165, 1.54) is 11.8 Å². The number of halogens is 2. The second-order valence-corrected chi connectivity index (χ2v) is 4.65. The van der Waals surface area contributed by atoms with E-state index >= 15 is 0 Å². The van der Waals surface area contributed by atoms with E-state index in [0.29, 0.717) is 15.8 Å². The first-order valence-electron chi connectivity index (χ1n) is 4.11. The van der Waals surface area contributed by atoms with Gasteiger partial charge in [-0.2, -0.15) is 5.10 Å². The Morgan fingerprint density at radius 3 is 2.73 bits per heavy atom. The Hall–Kier alpha value is -0.710. The highest BCUT2D eigenvalue weighted by Crippen LogP contribution is 2.25. The lowest BCUT2D eigenvalue weighted by molar-refractivity contribution is -0.118. The maximum atomic E-state index is 10.9. The maximum Gasteiger partial charge on any atom is 0.250 e. The van der Waals surface area contributed by atoms with Gasteiger partial charge in [0.1, 0.15) is 5.04 Å². The summed E-state index contributed by atoms with van der Waals surface area (Å²) in [6.45, 7) is 0. The highest BCUT2D eigenvalue weighted by Gasteiger charge is 2.14. The molecule has 0 radical (unpaired) electrons. The minimum absolute atomic E-state index is 0.0937. The average molecular weight is 261 g/mol. The molecule has 0 bridgehead atoms. The van der Waals surface area contributed by atoms with Crippen LogP contribution in [0.25, 0.3) is 0 Å². The van der Waals surface area contributed by atoms with Gasteiger partial charge in [0.2, 0.25) is 0 Å². The quantitative estimate of drug-likeness (QED) is 0.843. The summed E-state index contributed by atoms with van der Waals surface area (Å²) in [4.78, 5) is 10.9. The highest BCUT2D eigenvalue weighted by molar-refractivity contribution is 8.15. The van der Waals surface area contributed by atoms with Crippen molar-refractivity contribution < 1.29 is 4.79 Å². The predicted molar refractivity (Wildman–Crippen MR) is 63.6 cm³/mol. The van der Waals surface area contributed by atoms with Crippen LogP contribution in [0, 0.1) is 0 Å². The van der Waals surface area contributed by atoms with Gasteiger partial charge in [-0.1, -0.05) is 41.0 Å². The van der Waals surface area contributed by atoms with Crippen molar-refractivity contribution in [3.8, 4) is 0 Å². The first-order valence-corrected chi connectivity index (χ1v) is 5.86. The molecular weight excluding hydrogens is 255 g/mol. The maximum absolute atomic E-state index is 10.9. The molecule has 78 valence electrons. The number of carbonyl (C=O) groups excluding carboxylic acids is 1. The lowest BCUT2D eigenvalue weighted by Crippen LogP contribution is -2.26. The average Bonchev–Trinajstić information content (AvgIpc) is 2.23. The summed E-state index contributed by atoms with van der Waals surface area (Å²) in [7, 11) is 0. The van der Waals surface area contributed by atoms with E-state index < -0.39 is 0 Å². The van der Waals surface area contributed by atoms with E-state index in [0.717, 1.165) is 10.6 Å². The summed E-state index contributed by atoms with van der Waals surface area (Å²) in [5.41, 5.74) is 3.27. The molecule has 0 unspecified atom stereocenters. The number of nitrogens with zero attached hydrogens (tertiary/aromatic N) is 1. The number of thioether (sulfide) groups is 1. The zero-order chi connectivity index (χ0) is 10.8. The standard InChI is InChI=1S/C9H6Cl2N2OS/c10-6-2-1-5(3-7(6)11)9-13-12-8(14)4-15-9/h1-3H,4H2,(H,12,14). The zero-order valence-corrected chi connectivity index (χ0v) is 9.79. The topological polar surface area (TPSA) is 41.5 Å². The Morgan fingerprint density at radius 2 is 2.13 bits per heavy atom. The van der Waals surface area contributed by atoms with Crippen LogP contribution in [0.5, 0.6) is 0 Å². The van der Waals surface area contributed by atoms with Gasteiger partial charge in [0.15, 0.2) is 0 Å². The number of carbonyl (C=O) groups is 1. The normalized spacial score (nSPS) is 15.9. The van der Waals surface area contributed by atoms with Gasteiger partial charge in [0.05, 0.1) is 15.8 Å². The second kappa shape index (κ2) is 4.43.